The molecule has 3 aliphatic rings. The van der Waals surface area contributed by atoms with E-state index in [0.717, 1.165) is 23.9 Å². The molecule has 4 atom stereocenters. The van der Waals surface area contributed by atoms with E-state index in [-0.39, 0.29) is 0 Å². The summed E-state index contributed by atoms with van der Waals surface area (Å²) in [6, 6.07) is 1.74. The summed E-state index contributed by atoms with van der Waals surface area (Å²) < 4.78 is 0. The van der Waals surface area contributed by atoms with Crippen LogP contribution in [-0.2, 0) is 0 Å². The van der Waals surface area contributed by atoms with Gasteiger partial charge in [0.1, 0.15) is 0 Å². The third-order valence-corrected chi connectivity index (χ3v) is 6.00. The van der Waals surface area contributed by atoms with Gasteiger partial charge in [-0.1, -0.05) is 50.7 Å². The van der Waals surface area contributed by atoms with Gasteiger partial charge in [0.2, 0.25) is 0 Å². The van der Waals surface area contributed by atoms with E-state index in [1.165, 1.54) is 70.6 Å². The molecule has 0 aromatic heterocycles. The van der Waals surface area contributed by atoms with Crippen LogP contribution in [0.2, 0.25) is 0 Å². The predicted octanol–water partition coefficient (Wildman–Crippen LogP) is 4.78. The van der Waals surface area contributed by atoms with Crippen molar-refractivity contribution in [1.29, 1.82) is 0 Å². The molecule has 4 unspecified atom stereocenters. The van der Waals surface area contributed by atoms with E-state index in [2.05, 4.69) is 24.1 Å². The fraction of sp³-hybridized carbons (Fsp3) is 0.889. The highest BCUT2D eigenvalue weighted by Crippen LogP contribution is 2.44. The van der Waals surface area contributed by atoms with Crippen LogP contribution in [0, 0.1) is 11.8 Å². The second kappa shape index (κ2) is 6.43. The molecule has 0 aromatic rings. The Morgan fingerprint density at radius 2 is 1.47 bits per heavy atom. The van der Waals surface area contributed by atoms with Crippen molar-refractivity contribution < 1.29 is 0 Å². The second-order valence-electron chi connectivity index (χ2n) is 7.10. The van der Waals surface area contributed by atoms with Gasteiger partial charge in [0, 0.05) is 12.1 Å². The van der Waals surface area contributed by atoms with Crippen LogP contribution < -0.4 is 0 Å². The van der Waals surface area contributed by atoms with Gasteiger partial charge in [-0.2, -0.15) is 0 Å². The summed E-state index contributed by atoms with van der Waals surface area (Å²) >= 11 is 0. The number of likely N-dealkylation sites (tertiary alicyclic amines) is 1. The number of allylic oxidation sites excluding steroid dienone is 1. The molecule has 0 radical (unpaired) electrons. The zero-order chi connectivity index (χ0) is 13.1. The summed E-state index contributed by atoms with van der Waals surface area (Å²) in [6.07, 6.45) is 21.1. The molecular weight excluding hydrogens is 230 g/mol. The van der Waals surface area contributed by atoms with E-state index in [0.29, 0.717) is 0 Å². The molecular formula is C18H31N. The molecule has 1 saturated carbocycles. The van der Waals surface area contributed by atoms with Gasteiger partial charge in [-0.25, -0.2) is 0 Å². The molecule has 2 fully saturated rings. The molecule has 108 valence electrons. The van der Waals surface area contributed by atoms with Gasteiger partial charge in [-0.05, 0) is 51.0 Å². The molecule has 19 heavy (non-hydrogen) atoms. The molecule has 1 saturated heterocycles. The summed E-state index contributed by atoms with van der Waals surface area (Å²) in [5.74, 6) is 1.83. The lowest BCUT2D eigenvalue weighted by Gasteiger charge is -2.29. The lowest BCUT2D eigenvalue weighted by atomic mass is 9.79. The number of hydrogen-bond acceptors (Lipinski definition) is 1. The normalized spacial score (nSPS) is 43.0. The Labute approximate surface area is 119 Å². The Kier molecular flexibility index (Phi) is 4.63. The van der Waals surface area contributed by atoms with Crippen LogP contribution >= 0.6 is 0 Å². The number of hydrogen-bond donors (Lipinski definition) is 0. The summed E-state index contributed by atoms with van der Waals surface area (Å²) in [4.78, 5) is 2.79. The maximum absolute atomic E-state index is 2.79. The summed E-state index contributed by atoms with van der Waals surface area (Å²) in [5.41, 5.74) is 0. The van der Waals surface area contributed by atoms with E-state index in [4.69, 9.17) is 0 Å². The Morgan fingerprint density at radius 1 is 0.789 bits per heavy atom. The fourth-order valence-electron chi connectivity index (χ4n) is 4.96. The van der Waals surface area contributed by atoms with Crippen molar-refractivity contribution >= 4 is 0 Å². The fourth-order valence-corrected chi connectivity index (χ4v) is 4.96. The molecule has 0 N–H and O–H groups in total. The van der Waals surface area contributed by atoms with Gasteiger partial charge in [0.15, 0.2) is 0 Å². The van der Waals surface area contributed by atoms with E-state index >= 15 is 0 Å². The van der Waals surface area contributed by atoms with Crippen molar-refractivity contribution in [2.24, 2.45) is 11.8 Å². The average molecular weight is 261 g/mol. The molecule has 1 aliphatic heterocycles. The first-order valence-electron chi connectivity index (χ1n) is 8.76. The van der Waals surface area contributed by atoms with Crippen LogP contribution in [0.3, 0.4) is 0 Å². The highest BCUT2D eigenvalue weighted by molar-refractivity contribution is 5.07. The SMILES string of the molecule is CN1C2CCCCC/C=C\C2C2CCCCCCC21. The van der Waals surface area contributed by atoms with Crippen molar-refractivity contribution in [1.82, 2.24) is 4.90 Å². The van der Waals surface area contributed by atoms with Gasteiger partial charge < -0.3 is 0 Å². The van der Waals surface area contributed by atoms with E-state index < -0.39 is 0 Å². The molecule has 0 bridgehead atoms. The monoisotopic (exact) mass is 261 g/mol. The van der Waals surface area contributed by atoms with Crippen LogP contribution in [0.15, 0.2) is 12.2 Å². The minimum Gasteiger partial charge on any atom is -0.300 e. The number of fused-ring (bicyclic) bond motifs is 3. The molecule has 1 heterocycles. The van der Waals surface area contributed by atoms with Crippen LogP contribution in [0.25, 0.3) is 0 Å². The Morgan fingerprint density at radius 3 is 2.32 bits per heavy atom. The summed E-state index contributed by atoms with van der Waals surface area (Å²) in [5, 5.41) is 0. The molecule has 0 spiro atoms. The zero-order valence-electron chi connectivity index (χ0n) is 12.7. The minimum atomic E-state index is 0.849. The Hall–Kier alpha value is -0.300. The number of rotatable bonds is 0. The highest BCUT2D eigenvalue weighted by atomic mass is 15.2. The van der Waals surface area contributed by atoms with Gasteiger partial charge in [0.25, 0.3) is 0 Å². The first kappa shape index (κ1) is 13.7. The Balaban J connectivity index is 1.80. The van der Waals surface area contributed by atoms with Crippen LogP contribution in [0.5, 0.6) is 0 Å². The van der Waals surface area contributed by atoms with Gasteiger partial charge >= 0.3 is 0 Å². The first-order chi connectivity index (χ1) is 9.38. The summed E-state index contributed by atoms with van der Waals surface area (Å²) in [6.45, 7) is 0. The van der Waals surface area contributed by atoms with Gasteiger partial charge in [-0.3, -0.25) is 4.90 Å². The highest BCUT2D eigenvalue weighted by Gasteiger charge is 2.44. The van der Waals surface area contributed by atoms with Gasteiger partial charge in [0.05, 0.1) is 0 Å². The van der Waals surface area contributed by atoms with Crippen LogP contribution in [0.4, 0.5) is 0 Å². The maximum atomic E-state index is 2.79. The van der Waals surface area contributed by atoms with E-state index in [1.807, 2.05) is 0 Å². The van der Waals surface area contributed by atoms with E-state index in [9.17, 15) is 0 Å². The molecule has 0 aromatic carbocycles. The lowest BCUT2D eigenvalue weighted by molar-refractivity contribution is 0.190. The van der Waals surface area contributed by atoms with Crippen molar-refractivity contribution in [3.63, 3.8) is 0 Å². The third-order valence-electron chi connectivity index (χ3n) is 6.00. The molecule has 1 heteroatoms. The Bertz CT molecular complexity index is 309. The molecule has 3 rings (SSSR count). The van der Waals surface area contributed by atoms with Crippen molar-refractivity contribution in [2.75, 3.05) is 7.05 Å². The van der Waals surface area contributed by atoms with Crippen molar-refractivity contribution in [3.8, 4) is 0 Å². The summed E-state index contributed by atoms with van der Waals surface area (Å²) in [7, 11) is 2.43. The minimum absolute atomic E-state index is 0.849. The van der Waals surface area contributed by atoms with Gasteiger partial charge in [-0.15, -0.1) is 0 Å². The molecule has 2 aliphatic carbocycles. The largest absolute Gasteiger partial charge is 0.300 e. The topological polar surface area (TPSA) is 3.24 Å². The second-order valence-corrected chi connectivity index (χ2v) is 7.10. The lowest BCUT2D eigenvalue weighted by Crippen LogP contribution is -2.34. The van der Waals surface area contributed by atoms with Crippen LogP contribution in [0.1, 0.15) is 70.6 Å². The maximum Gasteiger partial charge on any atom is 0.0161 e. The van der Waals surface area contributed by atoms with Crippen molar-refractivity contribution in [3.05, 3.63) is 12.2 Å². The first-order valence-corrected chi connectivity index (χ1v) is 8.76. The average Bonchev–Trinajstić information content (AvgIpc) is 2.67. The quantitative estimate of drug-likeness (QED) is 0.567. The molecule has 1 nitrogen and oxygen atoms in total. The zero-order valence-corrected chi connectivity index (χ0v) is 12.7. The van der Waals surface area contributed by atoms with Crippen LogP contribution in [-0.4, -0.2) is 24.0 Å². The molecule has 0 amide bonds. The number of nitrogens with zero attached hydrogens (tertiary/aromatic N) is 1. The third kappa shape index (κ3) is 2.91. The van der Waals surface area contributed by atoms with Crippen molar-refractivity contribution in [2.45, 2.75) is 82.7 Å². The van der Waals surface area contributed by atoms with E-state index in [1.54, 1.807) is 0 Å². The smallest absolute Gasteiger partial charge is 0.0161 e. The standard InChI is InChI=1S/C18H31N/c1-19-17-13-9-4-2-3-7-11-15(17)16-12-8-5-6-10-14-18(16)19/h7,11,15-18H,2-6,8-10,12-14H2,1H3/b11-7-. The predicted molar refractivity (Wildman–Crippen MR) is 82.2 cm³/mol.